The van der Waals surface area contributed by atoms with Gasteiger partial charge < -0.3 is 4.74 Å². The lowest BCUT2D eigenvalue weighted by atomic mass is 9.39. The van der Waals surface area contributed by atoms with Crippen molar-refractivity contribution in [3.8, 4) is 0 Å². The van der Waals surface area contributed by atoms with Crippen molar-refractivity contribution in [2.24, 2.45) is 34.5 Å². The molecule has 0 spiro atoms. The summed E-state index contributed by atoms with van der Waals surface area (Å²) in [5, 5.41) is 0. The fraction of sp³-hybridized carbons (Fsp3) is 0.750. The number of allylic oxidation sites excluding steroid dienone is 2. The van der Waals surface area contributed by atoms with Crippen LogP contribution >= 0.6 is 0 Å². The van der Waals surface area contributed by atoms with Gasteiger partial charge in [-0.3, -0.25) is 9.59 Å². The van der Waals surface area contributed by atoms with E-state index >= 15 is 0 Å². The predicted octanol–water partition coefficient (Wildman–Crippen LogP) is 2.95. The number of carbonyl (C=O) groups is 2. The number of rotatable bonds is 0. The van der Waals surface area contributed by atoms with Crippen molar-refractivity contribution in [1.29, 1.82) is 0 Å². The molecule has 0 radical (unpaired) electrons. The third kappa shape index (κ3) is 1.20. The van der Waals surface area contributed by atoms with Gasteiger partial charge in [-0.25, -0.2) is 0 Å². The van der Waals surface area contributed by atoms with E-state index in [1.165, 1.54) is 11.1 Å². The maximum atomic E-state index is 12.1. The van der Waals surface area contributed by atoms with Gasteiger partial charge in [0.05, 0.1) is 11.8 Å². The minimum Gasteiger partial charge on any atom is -0.393 e. The molecule has 0 aromatic heterocycles. The number of fused-ring (bicyclic) bond motifs is 1. The number of ether oxygens (including phenoxy) is 1. The summed E-state index contributed by atoms with van der Waals surface area (Å²) < 4.78 is 4.97. The van der Waals surface area contributed by atoms with E-state index in [4.69, 9.17) is 4.74 Å². The summed E-state index contributed by atoms with van der Waals surface area (Å²) in [7, 11) is 0. The molecular weight excluding hydrogens is 240 g/mol. The van der Waals surface area contributed by atoms with Gasteiger partial charge in [-0.05, 0) is 36.5 Å². The smallest absolute Gasteiger partial charge is 0.318 e. The molecule has 0 N–H and O–H groups in total. The van der Waals surface area contributed by atoms with Crippen LogP contribution < -0.4 is 0 Å². The molecule has 2 bridgehead atoms. The van der Waals surface area contributed by atoms with E-state index in [1.807, 2.05) is 0 Å². The molecule has 104 valence electrons. The number of hydrogen-bond donors (Lipinski definition) is 0. The second-order valence-corrected chi connectivity index (χ2v) is 7.56. The Kier molecular flexibility index (Phi) is 2.24. The second-order valence-electron chi connectivity index (χ2n) is 7.56. The van der Waals surface area contributed by atoms with Crippen LogP contribution in [0.1, 0.15) is 41.5 Å². The van der Waals surface area contributed by atoms with Crippen LogP contribution in [-0.2, 0) is 14.3 Å². The van der Waals surface area contributed by atoms with Crippen molar-refractivity contribution >= 4 is 11.9 Å². The monoisotopic (exact) mass is 262 g/mol. The number of hydrogen-bond acceptors (Lipinski definition) is 3. The molecule has 3 nitrogen and oxygen atoms in total. The molecule has 1 aliphatic heterocycles. The zero-order valence-corrected chi connectivity index (χ0v) is 12.5. The Morgan fingerprint density at radius 2 is 1.11 bits per heavy atom. The fourth-order valence-electron chi connectivity index (χ4n) is 5.03. The number of cyclic esters (lactones) is 2. The summed E-state index contributed by atoms with van der Waals surface area (Å²) >= 11 is 0. The first kappa shape index (κ1) is 12.9. The molecule has 4 atom stereocenters. The van der Waals surface area contributed by atoms with Crippen molar-refractivity contribution < 1.29 is 14.3 Å². The average Bonchev–Trinajstić information content (AvgIpc) is 2.54. The molecule has 2 fully saturated rings. The third-order valence-electron chi connectivity index (χ3n) is 6.62. The van der Waals surface area contributed by atoms with E-state index in [-0.39, 0.29) is 46.4 Å². The molecule has 4 aliphatic rings. The van der Waals surface area contributed by atoms with Crippen LogP contribution in [0.4, 0.5) is 0 Å². The first-order valence-corrected chi connectivity index (χ1v) is 7.05. The van der Waals surface area contributed by atoms with E-state index < -0.39 is 0 Å². The van der Waals surface area contributed by atoms with E-state index in [0.29, 0.717) is 0 Å². The van der Waals surface area contributed by atoms with E-state index in [0.717, 1.165) is 0 Å². The molecule has 1 saturated carbocycles. The molecule has 0 aromatic rings. The van der Waals surface area contributed by atoms with Crippen molar-refractivity contribution in [2.45, 2.75) is 41.5 Å². The minimum atomic E-state index is -0.305. The summed E-state index contributed by atoms with van der Waals surface area (Å²) in [6.45, 7) is 13.2. The van der Waals surface area contributed by atoms with Gasteiger partial charge in [0.2, 0.25) is 0 Å². The van der Waals surface area contributed by atoms with Crippen LogP contribution in [0.15, 0.2) is 11.1 Å². The first-order chi connectivity index (χ1) is 8.62. The summed E-state index contributed by atoms with van der Waals surface area (Å²) in [6.07, 6.45) is 0. The minimum absolute atomic E-state index is 0.00787. The SMILES string of the molecule is CC1=C(C)C2C3C(=O)OC(=O)C3C1C(C)(C)C2(C)C. The van der Waals surface area contributed by atoms with Crippen LogP contribution in [0, 0.1) is 34.5 Å². The van der Waals surface area contributed by atoms with Crippen molar-refractivity contribution in [3.05, 3.63) is 11.1 Å². The molecule has 3 heteroatoms. The summed E-state index contributed by atoms with van der Waals surface area (Å²) in [5.41, 5.74) is 2.57. The zero-order chi connectivity index (χ0) is 14.3. The van der Waals surface area contributed by atoms with Crippen molar-refractivity contribution in [3.63, 3.8) is 0 Å². The zero-order valence-electron chi connectivity index (χ0n) is 12.5. The highest BCUT2D eigenvalue weighted by atomic mass is 16.6. The van der Waals surface area contributed by atoms with Gasteiger partial charge in [-0.2, -0.15) is 0 Å². The van der Waals surface area contributed by atoms with Gasteiger partial charge in [0.1, 0.15) is 0 Å². The molecule has 0 amide bonds. The highest BCUT2D eigenvalue weighted by molar-refractivity contribution is 5.98. The standard InChI is InChI=1S/C16H22O3/c1-7-8(2)12-10-9(13(17)19-14(10)18)11(7)15(3,4)16(12,5)6/h9-12H,1-6H3. The van der Waals surface area contributed by atoms with E-state index in [1.54, 1.807) is 0 Å². The van der Waals surface area contributed by atoms with Gasteiger partial charge in [0.25, 0.3) is 0 Å². The van der Waals surface area contributed by atoms with Gasteiger partial charge in [-0.1, -0.05) is 38.8 Å². The van der Waals surface area contributed by atoms with Gasteiger partial charge in [0.15, 0.2) is 0 Å². The molecule has 1 heterocycles. The van der Waals surface area contributed by atoms with Crippen LogP contribution in [0.2, 0.25) is 0 Å². The molecule has 1 saturated heterocycles. The second kappa shape index (κ2) is 3.31. The van der Waals surface area contributed by atoms with Crippen LogP contribution in [0.5, 0.6) is 0 Å². The van der Waals surface area contributed by atoms with Crippen LogP contribution in [0.25, 0.3) is 0 Å². The Morgan fingerprint density at radius 1 is 0.789 bits per heavy atom. The summed E-state index contributed by atoms with van der Waals surface area (Å²) in [6, 6.07) is 0. The predicted molar refractivity (Wildman–Crippen MR) is 71.0 cm³/mol. The Labute approximate surface area is 114 Å². The lowest BCUT2D eigenvalue weighted by Crippen LogP contribution is -2.61. The van der Waals surface area contributed by atoms with Gasteiger partial charge in [0, 0.05) is 0 Å². The molecule has 3 aliphatic carbocycles. The van der Waals surface area contributed by atoms with E-state index in [2.05, 4.69) is 41.5 Å². The number of esters is 2. The quantitative estimate of drug-likeness (QED) is 0.383. The maximum absolute atomic E-state index is 12.1. The van der Waals surface area contributed by atoms with Crippen LogP contribution in [0.3, 0.4) is 0 Å². The number of carbonyl (C=O) groups excluding carboxylic acids is 2. The summed E-state index contributed by atoms with van der Waals surface area (Å²) in [4.78, 5) is 24.2. The van der Waals surface area contributed by atoms with Crippen molar-refractivity contribution in [2.75, 3.05) is 0 Å². The Bertz CT molecular complexity index is 478. The third-order valence-corrected chi connectivity index (χ3v) is 6.62. The van der Waals surface area contributed by atoms with Crippen molar-refractivity contribution in [1.82, 2.24) is 0 Å². The lowest BCUT2D eigenvalue weighted by molar-refractivity contribution is -0.154. The largest absolute Gasteiger partial charge is 0.393 e. The maximum Gasteiger partial charge on any atom is 0.318 e. The Morgan fingerprint density at radius 3 is 1.42 bits per heavy atom. The Balaban J connectivity index is 2.28. The molecular formula is C16H22O3. The first-order valence-electron chi connectivity index (χ1n) is 7.05. The van der Waals surface area contributed by atoms with E-state index in [9.17, 15) is 9.59 Å². The topological polar surface area (TPSA) is 43.4 Å². The highest BCUT2D eigenvalue weighted by Crippen LogP contribution is 2.69. The van der Waals surface area contributed by atoms with Gasteiger partial charge >= 0.3 is 11.9 Å². The molecule has 0 aromatic carbocycles. The summed E-state index contributed by atoms with van der Waals surface area (Å²) in [5.74, 6) is -0.887. The molecule has 4 unspecified atom stereocenters. The Hall–Kier alpha value is -1.12. The fourth-order valence-corrected chi connectivity index (χ4v) is 5.03. The average molecular weight is 262 g/mol. The highest BCUT2D eigenvalue weighted by Gasteiger charge is 2.69. The normalized spacial score (nSPS) is 42.4. The van der Waals surface area contributed by atoms with Gasteiger partial charge in [-0.15, -0.1) is 0 Å². The lowest BCUT2D eigenvalue weighted by Gasteiger charge is -2.63. The van der Waals surface area contributed by atoms with Crippen LogP contribution in [-0.4, -0.2) is 11.9 Å². The molecule has 19 heavy (non-hydrogen) atoms. The molecule has 4 rings (SSSR count).